The number of hydrogen-bond acceptors (Lipinski definition) is 16. The van der Waals surface area contributed by atoms with Gasteiger partial charge in [-0.05, 0) is 115 Å². The molecule has 0 aromatic heterocycles. The van der Waals surface area contributed by atoms with Crippen molar-refractivity contribution >= 4 is 93.4 Å². The van der Waals surface area contributed by atoms with E-state index in [0.717, 1.165) is 6.08 Å². The summed E-state index contributed by atoms with van der Waals surface area (Å²) < 4.78 is 98.1. The van der Waals surface area contributed by atoms with E-state index in [2.05, 4.69) is 41.2 Å². The molecule has 0 aliphatic heterocycles. The molecule has 0 bridgehead atoms. The second kappa shape index (κ2) is 17.2. The van der Waals surface area contributed by atoms with E-state index in [4.69, 9.17) is 14.8 Å². The van der Waals surface area contributed by atoms with Crippen molar-refractivity contribution in [2.45, 2.75) is 9.79 Å². The van der Waals surface area contributed by atoms with E-state index >= 15 is 0 Å². The molecule has 6 N–H and O–H groups in total. The van der Waals surface area contributed by atoms with Gasteiger partial charge >= 0.3 is 29.6 Å². The number of nitrogen functional groups attached to an aromatic ring is 1. The Morgan fingerprint density at radius 1 is 0.509 bits per heavy atom. The van der Waals surface area contributed by atoms with E-state index in [1.54, 1.807) is 12.1 Å². The Balaban J connectivity index is 0.00000620. The molecule has 19 nitrogen and oxygen atoms in total. The van der Waals surface area contributed by atoms with E-state index in [9.17, 15) is 34.6 Å². The number of allylic oxidation sites excluding steroid dienone is 1. The molecular weight excluding hydrogens is 814 g/mol. The number of Topliss-reactive ketones (excluding diaryl/α,β-unsaturated/α-hetero) is 1. The standard InChI is InChI=1S/C34H25N9O10S3.Na/c35-30-18-17-28-29(32(30)42-40-22-5-1-20(2-6-22)36-38-24-9-13-26(14-10-24)54(45,46)47)19-31(56(51,52)53)33(34(28)44)43-41-23-7-3-21(4-8-23)37-39-25-11-15-27(16-12-25)55(48,49)50;/h1-19,41H,35H2,(H,45,46,47)(H,48,49,50)(H,51,52,53);/q;+1/b38-36?,39-37?,42-40?,43-33+;. The molecule has 0 spiro atoms. The third kappa shape index (κ3) is 10.6. The van der Waals surface area contributed by atoms with E-state index < -0.39 is 46.8 Å². The number of azo groups is 3. The molecule has 1 aliphatic rings. The molecule has 0 fully saturated rings. The van der Waals surface area contributed by atoms with Crippen molar-refractivity contribution in [3.63, 3.8) is 0 Å². The first kappa shape index (κ1) is 42.5. The van der Waals surface area contributed by atoms with Gasteiger partial charge in [0.05, 0.1) is 49.6 Å². The molecule has 0 amide bonds. The minimum absolute atomic E-state index is 0. The number of rotatable bonds is 11. The minimum atomic E-state index is -5.02. The molecule has 57 heavy (non-hydrogen) atoms. The topological polar surface area (TPSA) is 305 Å². The van der Waals surface area contributed by atoms with E-state index in [0.29, 0.717) is 34.1 Å². The van der Waals surface area contributed by atoms with Crippen LogP contribution >= 0.6 is 0 Å². The van der Waals surface area contributed by atoms with Crippen LogP contribution in [0.2, 0.25) is 0 Å². The Bertz CT molecular complexity index is 2850. The van der Waals surface area contributed by atoms with Crippen LogP contribution in [-0.2, 0) is 30.4 Å². The van der Waals surface area contributed by atoms with Gasteiger partial charge in [0, 0.05) is 11.1 Å². The molecular formula is C34H25N9NaO10S3+. The van der Waals surface area contributed by atoms with Crippen molar-refractivity contribution in [3.05, 3.63) is 125 Å². The Hall–Kier alpha value is -5.69. The Labute approximate surface area is 346 Å². The third-order valence-corrected chi connectivity index (χ3v) is 10.2. The number of ketones is 1. The monoisotopic (exact) mass is 838 g/mol. The van der Waals surface area contributed by atoms with Crippen LogP contribution in [0.5, 0.6) is 0 Å². The predicted octanol–water partition coefficient (Wildman–Crippen LogP) is 4.91. The summed E-state index contributed by atoms with van der Waals surface area (Å²) in [5, 5.41) is 28.4. The van der Waals surface area contributed by atoms with Crippen molar-refractivity contribution in [2.24, 2.45) is 35.8 Å². The smallest absolute Gasteiger partial charge is 0.397 e. The van der Waals surface area contributed by atoms with Crippen molar-refractivity contribution in [2.75, 3.05) is 11.2 Å². The van der Waals surface area contributed by atoms with Gasteiger partial charge in [0.1, 0.15) is 10.6 Å². The first-order valence-electron chi connectivity index (χ1n) is 15.6. The number of carbonyl (C=O) groups is 1. The zero-order valence-corrected chi connectivity index (χ0v) is 33.6. The fraction of sp³-hybridized carbons (Fsp3) is 0. The Kier molecular flexibility index (Phi) is 12.8. The number of anilines is 2. The van der Waals surface area contributed by atoms with Crippen LogP contribution in [0.25, 0.3) is 6.08 Å². The molecule has 1 aliphatic carbocycles. The van der Waals surface area contributed by atoms with Gasteiger partial charge in [0.2, 0.25) is 5.78 Å². The summed E-state index contributed by atoms with van der Waals surface area (Å²) >= 11 is 0. The van der Waals surface area contributed by atoms with E-state index in [-0.39, 0.29) is 61.8 Å². The normalized spacial score (nSPS) is 14.2. The van der Waals surface area contributed by atoms with Crippen molar-refractivity contribution < 1.29 is 73.3 Å². The maximum absolute atomic E-state index is 13.6. The molecule has 23 heteroatoms. The summed E-state index contributed by atoms with van der Waals surface area (Å²) in [4.78, 5) is 12.2. The van der Waals surface area contributed by atoms with Gasteiger partial charge in [-0.1, -0.05) is 0 Å². The summed E-state index contributed by atoms with van der Waals surface area (Å²) in [6, 6.07) is 25.0. The summed E-state index contributed by atoms with van der Waals surface area (Å²) in [5.41, 5.74) is 10.1. The third-order valence-electron chi connectivity index (χ3n) is 7.61. The molecule has 284 valence electrons. The molecule has 0 saturated carbocycles. The number of carbonyl (C=O) groups excluding carboxylic acids is 1. The molecule has 0 heterocycles. The molecule has 0 radical (unpaired) electrons. The number of nitrogens with two attached hydrogens (primary N) is 1. The van der Waals surface area contributed by atoms with Gasteiger partial charge in [-0.25, -0.2) is 0 Å². The number of nitrogens with zero attached hydrogens (tertiary/aromatic N) is 7. The summed E-state index contributed by atoms with van der Waals surface area (Å²) in [6.07, 6.45) is 1.01. The average molecular weight is 839 g/mol. The number of benzene rings is 5. The van der Waals surface area contributed by atoms with Gasteiger partial charge in [0.25, 0.3) is 30.4 Å². The van der Waals surface area contributed by atoms with Crippen LogP contribution in [0.1, 0.15) is 15.9 Å². The second-order valence-corrected chi connectivity index (χ2v) is 15.7. The van der Waals surface area contributed by atoms with Crippen LogP contribution in [0.15, 0.2) is 160 Å². The Morgan fingerprint density at radius 3 is 1.30 bits per heavy atom. The number of fused-ring (bicyclic) bond motifs is 1. The van der Waals surface area contributed by atoms with Crippen LogP contribution in [0, 0.1) is 0 Å². The van der Waals surface area contributed by atoms with E-state index in [1.165, 1.54) is 97.1 Å². The second-order valence-electron chi connectivity index (χ2n) is 11.5. The van der Waals surface area contributed by atoms with Gasteiger partial charge in [0.15, 0.2) is 5.71 Å². The molecule has 0 saturated heterocycles. The average Bonchev–Trinajstić information content (AvgIpc) is 3.15. The van der Waals surface area contributed by atoms with Gasteiger partial charge in [-0.2, -0.15) is 55.9 Å². The predicted molar refractivity (Wildman–Crippen MR) is 204 cm³/mol. The Morgan fingerprint density at radius 2 is 0.895 bits per heavy atom. The minimum Gasteiger partial charge on any atom is -0.397 e. The first-order chi connectivity index (χ1) is 26.5. The molecule has 0 atom stereocenters. The number of hydrazone groups is 1. The number of nitrogens with one attached hydrogen (secondary N) is 1. The fourth-order valence-corrected chi connectivity index (χ4v) is 6.45. The maximum Gasteiger partial charge on any atom is 1.00 e. The quantitative estimate of drug-likeness (QED) is 0.0390. The van der Waals surface area contributed by atoms with Crippen LogP contribution in [0.3, 0.4) is 0 Å². The van der Waals surface area contributed by atoms with Gasteiger partial charge in [-0.15, -0.1) is 5.11 Å². The zero-order valence-electron chi connectivity index (χ0n) is 29.1. The van der Waals surface area contributed by atoms with Gasteiger partial charge in [-0.3, -0.25) is 23.9 Å². The first-order valence-corrected chi connectivity index (χ1v) is 19.9. The summed E-state index contributed by atoms with van der Waals surface area (Å²) in [6.45, 7) is 0. The van der Waals surface area contributed by atoms with Crippen LogP contribution in [-0.4, -0.2) is 50.4 Å². The van der Waals surface area contributed by atoms with Crippen molar-refractivity contribution in [1.82, 2.24) is 0 Å². The number of hydrogen-bond donors (Lipinski definition) is 5. The summed E-state index contributed by atoms with van der Waals surface area (Å²) in [7, 11) is -13.7. The van der Waals surface area contributed by atoms with Gasteiger partial charge < -0.3 is 5.73 Å². The molecule has 6 rings (SSSR count). The van der Waals surface area contributed by atoms with Crippen LogP contribution < -0.4 is 40.7 Å². The summed E-state index contributed by atoms with van der Waals surface area (Å²) in [5.74, 6) is -0.869. The molecule has 5 aromatic rings. The fourth-order valence-electron chi connectivity index (χ4n) is 4.84. The molecule has 5 aromatic carbocycles. The SMILES string of the molecule is Nc1ccc2c(c1N=Nc1ccc(N=Nc3ccc(S(=O)(=O)O)cc3)cc1)C=C(S(=O)(=O)O)/C(=N\Nc1ccc(N=Nc3ccc(S(=O)(=O)O)cc3)cc1)C2=O.[Na+]. The maximum atomic E-state index is 13.6. The van der Waals surface area contributed by atoms with Crippen LogP contribution in [0.4, 0.5) is 45.5 Å². The zero-order chi connectivity index (χ0) is 40.3. The largest absolute Gasteiger partial charge is 1.00 e. The van der Waals surface area contributed by atoms with Crippen molar-refractivity contribution in [3.8, 4) is 0 Å². The van der Waals surface area contributed by atoms with Crippen molar-refractivity contribution in [1.29, 1.82) is 0 Å². The molecule has 0 unspecified atom stereocenters. The van der Waals surface area contributed by atoms with E-state index in [1.807, 2.05) is 0 Å².